The summed E-state index contributed by atoms with van der Waals surface area (Å²) in [7, 11) is 1.89. The Morgan fingerprint density at radius 3 is 2.28 bits per heavy atom. The van der Waals surface area contributed by atoms with Crippen molar-refractivity contribution in [1.29, 1.82) is 0 Å². The lowest BCUT2D eigenvalue weighted by molar-refractivity contribution is 0.232. The van der Waals surface area contributed by atoms with Gasteiger partial charge in [0.15, 0.2) is 11.7 Å². The van der Waals surface area contributed by atoms with Gasteiger partial charge < -0.3 is 0 Å². The van der Waals surface area contributed by atoms with Crippen LogP contribution in [0.25, 0.3) is 11.1 Å². The van der Waals surface area contributed by atoms with E-state index in [2.05, 4.69) is 77.1 Å². The van der Waals surface area contributed by atoms with Crippen LogP contribution < -0.4 is 11.0 Å². The molecule has 4 rings (SSSR count). The molecule has 1 aromatic heterocycles. The minimum absolute atomic E-state index is 0.753. The number of rotatable bonds is 10. The Morgan fingerprint density at radius 2 is 1.59 bits per heavy atom. The van der Waals surface area contributed by atoms with E-state index in [1.165, 1.54) is 5.56 Å². The number of nitrogens with zero attached hydrogens (tertiary/aromatic N) is 5. The van der Waals surface area contributed by atoms with E-state index in [-0.39, 0.29) is 0 Å². The molecule has 0 bridgehead atoms. The summed E-state index contributed by atoms with van der Waals surface area (Å²) < 4.78 is 2.10. The van der Waals surface area contributed by atoms with Crippen molar-refractivity contribution in [3.8, 4) is 11.1 Å². The van der Waals surface area contributed by atoms with Gasteiger partial charge in [0.2, 0.25) is 0 Å². The molecule has 32 heavy (non-hydrogen) atoms. The zero-order chi connectivity index (χ0) is 22.3. The zero-order valence-electron chi connectivity index (χ0n) is 19.3. The Balaban J connectivity index is 1.54. The van der Waals surface area contributed by atoms with Gasteiger partial charge in [-0.15, -0.1) is 10.2 Å². The third-order valence-electron chi connectivity index (χ3n) is 5.66. The van der Waals surface area contributed by atoms with Gasteiger partial charge in [0.1, 0.15) is 5.82 Å². The van der Waals surface area contributed by atoms with Crippen LogP contribution in [0.4, 0.5) is 0 Å². The summed E-state index contributed by atoms with van der Waals surface area (Å²) in [5.41, 5.74) is 10.7. The number of hydrogen-bond acceptors (Lipinski definition) is 6. The van der Waals surface area contributed by atoms with Crippen molar-refractivity contribution in [2.75, 3.05) is 7.05 Å². The molecule has 0 aliphatic carbocycles. The summed E-state index contributed by atoms with van der Waals surface area (Å²) in [5, 5.41) is 10.9. The Kier molecular flexibility index (Phi) is 7.17. The standard InChI is InChI=1S/C25H33N7/c1-4-6-12-23-26-24(13-7-5-2)32(28-23)18-19-14-16-20(17-15-19)21-10-8-9-11-22(21)25-27-30-31(3)29-25/h8-11,14-17,30H,4-7,12-13,18H2,1-3H3,(H,27,29). The Hall–Kier alpha value is -3.19. The Labute approximate surface area is 190 Å². The summed E-state index contributed by atoms with van der Waals surface area (Å²) in [6, 6.07) is 17.1. The molecule has 168 valence electrons. The van der Waals surface area contributed by atoms with Crippen molar-refractivity contribution >= 4 is 5.84 Å². The molecule has 0 spiro atoms. The highest BCUT2D eigenvalue weighted by molar-refractivity contribution is 6.04. The number of amidine groups is 1. The molecule has 0 saturated carbocycles. The fourth-order valence-corrected chi connectivity index (χ4v) is 3.87. The topological polar surface area (TPSA) is 70.4 Å². The third-order valence-corrected chi connectivity index (χ3v) is 5.66. The molecular weight excluding hydrogens is 398 g/mol. The van der Waals surface area contributed by atoms with E-state index in [4.69, 9.17) is 10.1 Å². The molecule has 0 fully saturated rings. The van der Waals surface area contributed by atoms with Crippen LogP contribution >= 0.6 is 0 Å². The molecule has 2 N–H and O–H groups in total. The first kappa shape index (κ1) is 22.0. The molecule has 1 aliphatic heterocycles. The number of hydrazine groups is 2. The summed E-state index contributed by atoms with van der Waals surface area (Å²) in [6.07, 6.45) is 6.55. The first-order valence-corrected chi connectivity index (χ1v) is 11.6. The molecule has 0 radical (unpaired) electrons. The van der Waals surface area contributed by atoms with Crippen molar-refractivity contribution in [2.24, 2.45) is 5.10 Å². The van der Waals surface area contributed by atoms with Gasteiger partial charge >= 0.3 is 0 Å². The predicted octanol–water partition coefficient (Wildman–Crippen LogP) is 4.29. The fraction of sp³-hybridized carbons (Fsp3) is 0.400. The van der Waals surface area contributed by atoms with Crippen molar-refractivity contribution in [1.82, 2.24) is 30.8 Å². The normalized spacial score (nSPS) is 13.7. The summed E-state index contributed by atoms with van der Waals surface area (Å²) in [4.78, 5) is 4.83. The molecule has 0 amide bonds. The van der Waals surface area contributed by atoms with E-state index in [0.717, 1.165) is 79.2 Å². The van der Waals surface area contributed by atoms with Crippen LogP contribution in [-0.4, -0.2) is 32.8 Å². The summed E-state index contributed by atoms with van der Waals surface area (Å²) >= 11 is 0. The molecule has 2 heterocycles. The number of hydrogen-bond donors (Lipinski definition) is 2. The first-order chi connectivity index (χ1) is 15.7. The maximum atomic E-state index is 4.83. The van der Waals surface area contributed by atoms with Crippen LogP contribution in [0.2, 0.25) is 0 Å². The molecular formula is C25H33N7. The van der Waals surface area contributed by atoms with Gasteiger partial charge in [0.25, 0.3) is 0 Å². The number of hydrazone groups is 1. The van der Waals surface area contributed by atoms with Crippen molar-refractivity contribution in [3.05, 3.63) is 71.3 Å². The van der Waals surface area contributed by atoms with E-state index in [1.54, 1.807) is 5.12 Å². The van der Waals surface area contributed by atoms with Crippen molar-refractivity contribution in [2.45, 2.75) is 58.9 Å². The molecule has 0 saturated heterocycles. The van der Waals surface area contributed by atoms with Crippen LogP contribution in [0.15, 0.2) is 53.6 Å². The number of aromatic nitrogens is 3. The van der Waals surface area contributed by atoms with Gasteiger partial charge in [-0.2, -0.15) is 5.10 Å². The van der Waals surface area contributed by atoms with E-state index in [0.29, 0.717) is 0 Å². The van der Waals surface area contributed by atoms with Crippen molar-refractivity contribution in [3.63, 3.8) is 0 Å². The number of nitrogens with one attached hydrogen (secondary N) is 2. The van der Waals surface area contributed by atoms with E-state index in [9.17, 15) is 0 Å². The van der Waals surface area contributed by atoms with Crippen LogP contribution in [0.5, 0.6) is 0 Å². The highest BCUT2D eigenvalue weighted by Crippen LogP contribution is 2.25. The summed E-state index contributed by atoms with van der Waals surface area (Å²) in [5.74, 6) is 2.90. The largest absolute Gasteiger partial charge is 0.282 e. The van der Waals surface area contributed by atoms with Crippen LogP contribution in [0.1, 0.15) is 62.3 Å². The number of aryl methyl sites for hydroxylation is 2. The number of benzene rings is 2. The van der Waals surface area contributed by atoms with Crippen LogP contribution in [0.3, 0.4) is 0 Å². The fourth-order valence-electron chi connectivity index (χ4n) is 3.87. The molecule has 0 unspecified atom stereocenters. The van der Waals surface area contributed by atoms with Gasteiger partial charge in [0.05, 0.1) is 6.54 Å². The van der Waals surface area contributed by atoms with Gasteiger partial charge in [-0.1, -0.05) is 75.2 Å². The van der Waals surface area contributed by atoms with Crippen molar-refractivity contribution < 1.29 is 0 Å². The predicted molar refractivity (Wildman–Crippen MR) is 129 cm³/mol. The Morgan fingerprint density at radius 1 is 0.875 bits per heavy atom. The van der Waals surface area contributed by atoms with E-state index < -0.39 is 0 Å². The third kappa shape index (κ3) is 5.16. The second-order valence-corrected chi connectivity index (χ2v) is 8.28. The molecule has 2 aromatic carbocycles. The molecule has 7 heteroatoms. The van der Waals surface area contributed by atoms with E-state index in [1.807, 2.05) is 13.1 Å². The smallest absolute Gasteiger partial charge is 0.171 e. The lowest BCUT2D eigenvalue weighted by Gasteiger charge is -2.12. The van der Waals surface area contributed by atoms with Gasteiger partial charge in [-0.3, -0.25) is 5.43 Å². The van der Waals surface area contributed by atoms with Gasteiger partial charge in [-0.25, -0.2) is 15.2 Å². The number of unbranched alkanes of at least 4 members (excludes halogenated alkanes) is 2. The van der Waals surface area contributed by atoms with Gasteiger partial charge in [-0.05, 0) is 29.5 Å². The minimum atomic E-state index is 0.753. The quantitative estimate of drug-likeness (QED) is 0.501. The average Bonchev–Trinajstić information content (AvgIpc) is 3.42. The van der Waals surface area contributed by atoms with E-state index >= 15 is 0 Å². The second-order valence-electron chi connectivity index (χ2n) is 8.28. The average molecular weight is 432 g/mol. The second kappa shape index (κ2) is 10.4. The van der Waals surface area contributed by atoms with Gasteiger partial charge in [0, 0.05) is 25.5 Å². The molecule has 3 aromatic rings. The molecule has 7 nitrogen and oxygen atoms in total. The highest BCUT2D eigenvalue weighted by Gasteiger charge is 2.16. The maximum absolute atomic E-state index is 4.83. The molecule has 0 atom stereocenters. The van der Waals surface area contributed by atoms with Crippen LogP contribution in [0, 0.1) is 0 Å². The Bertz CT molecular complexity index is 1050. The lowest BCUT2D eigenvalue weighted by atomic mass is 9.98. The monoisotopic (exact) mass is 431 g/mol. The zero-order valence-corrected chi connectivity index (χ0v) is 19.3. The molecule has 1 aliphatic rings. The minimum Gasteiger partial charge on any atom is -0.282 e. The highest BCUT2D eigenvalue weighted by atomic mass is 15.9. The SMILES string of the molecule is CCCCc1nc(CCCC)n(Cc2ccc(-c3ccccc3C3=NNN(C)N3)cc2)n1. The summed E-state index contributed by atoms with van der Waals surface area (Å²) in [6.45, 7) is 5.18. The first-order valence-electron chi connectivity index (χ1n) is 11.6. The lowest BCUT2D eigenvalue weighted by Crippen LogP contribution is -2.37. The van der Waals surface area contributed by atoms with Crippen LogP contribution in [-0.2, 0) is 19.4 Å². The maximum Gasteiger partial charge on any atom is 0.171 e.